The lowest BCUT2D eigenvalue weighted by Gasteiger charge is -2.19. The molecule has 18 heavy (non-hydrogen) atoms. The van der Waals surface area contributed by atoms with Gasteiger partial charge < -0.3 is 10.1 Å². The zero-order valence-corrected chi connectivity index (χ0v) is 11.6. The van der Waals surface area contributed by atoms with Crippen LogP contribution in [0.15, 0.2) is 18.2 Å². The average molecular weight is 245 g/mol. The number of piperidine rings is 1. The van der Waals surface area contributed by atoms with Gasteiger partial charge >= 0.3 is 0 Å². The highest BCUT2D eigenvalue weighted by Crippen LogP contribution is 2.26. The summed E-state index contributed by atoms with van der Waals surface area (Å²) in [6, 6.07) is 4.18. The van der Waals surface area contributed by atoms with Gasteiger partial charge in [0.25, 0.3) is 0 Å². The first kappa shape index (κ1) is 13.2. The molecule has 0 spiro atoms. The van der Waals surface area contributed by atoms with Gasteiger partial charge in [0.05, 0.1) is 7.11 Å². The minimum atomic E-state index is 0.719. The van der Waals surface area contributed by atoms with Crippen LogP contribution in [0.5, 0.6) is 5.75 Å². The summed E-state index contributed by atoms with van der Waals surface area (Å²) in [5, 5.41) is 3.40. The Hall–Kier alpha value is -1.28. The second-order valence-electron chi connectivity index (χ2n) is 5.07. The van der Waals surface area contributed by atoms with E-state index in [1.54, 1.807) is 7.11 Å². The molecule has 2 nitrogen and oxygen atoms in total. The van der Waals surface area contributed by atoms with Crippen LogP contribution < -0.4 is 10.1 Å². The maximum Gasteiger partial charge on any atom is 0.122 e. The van der Waals surface area contributed by atoms with Crippen LogP contribution in [0.2, 0.25) is 0 Å². The molecule has 0 bridgehead atoms. The molecule has 2 rings (SSSR count). The van der Waals surface area contributed by atoms with Crippen molar-refractivity contribution in [3.05, 3.63) is 34.9 Å². The van der Waals surface area contributed by atoms with Crippen LogP contribution in [0.3, 0.4) is 0 Å². The molecular weight excluding hydrogens is 222 g/mol. The number of hydrogen-bond acceptors (Lipinski definition) is 2. The summed E-state index contributed by atoms with van der Waals surface area (Å²) >= 11 is 0. The summed E-state index contributed by atoms with van der Waals surface area (Å²) in [6.07, 6.45) is 7.15. The molecule has 0 unspecified atom stereocenters. The van der Waals surface area contributed by atoms with E-state index in [-0.39, 0.29) is 0 Å². The molecule has 0 aromatic heterocycles. The number of ether oxygens (including phenoxy) is 1. The van der Waals surface area contributed by atoms with E-state index in [1.165, 1.54) is 29.5 Å². The molecule has 0 radical (unpaired) electrons. The number of rotatable bonds is 3. The second-order valence-corrected chi connectivity index (χ2v) is 5.07. The third-order valence-electron chi connectivity index (χ3n) is 3.82. The van der Waals surface area contributed by atoms with Crippen molar-refractivity contribution in [2.45, 2.75) is 26.7 Å². The van der Waals surface area contributed by atoms with Gasteiger partial charge in [-0.25, -0.2) is 0 Å². The van der Waals surface area contributed by atoms with Crippen molar-refractivity contribution in [3.8, 4) is 5.75 Å². The lowest BCUT2D eigenvalue weighted by molar-refractivity contribution is 0.411. The number of benzene rings is 1. The summed E-state index contributed by atoms with van der Waals surface area (Å²) in [6.45, 7) is 6.58. The first-order chi connectivity index (χ1) is 8.72. The number of aryl methyl sites for hydroxylation is 1. The molecule has 1 aromatic carbocycles. The molecule has 1 aliphatic heterocycles. The molecule has 0 saturated carbocycles. The van der Waals surface area contributed by atoms with Gasteiger partial charge in [-0.1, -0.05) is 18.2 Å². The molecule has 0 atom stereocenters. The second kappa shape index (κ2) is 6.05. The molecular formula is C16H23NO. The van der Waals surface area contributed by atoms with Crippen LogP contribution in [0.25, 0.3) is 6.08 Å². The monoisotopic (exact) mass is 245 g/mol. The van der Waals surface area contributed by atoms with Gasteiger partial charge in [0, 0.05) is 0 Å². The van der Waals surface area contributed by atoms with Crippen LogP contribution in [-0.2, 0) is 0 Å². The lowest BCUT2D eigenvalue weighted by Crippen LogP contribution is -2.26. The number of nitrogens with one attached hydrogen (secondary N) is 1. The van der Waals surface area contributed by atoms with Crippen molar-refractivity contribution in [1.82, 2.24) is 5.32 Å². The number of hydrogen-bond donors (Lipinski definition) is 1. The van der Waals surface area contributed by atoms with Crippen molar-refractivity contribution in [2.75, 3.05) is 20.2 Å². The highest BCUT2D eigenvalue weighted by Gasteiger charge is 2.10. The fourth-order valence-electron chi connectivity index (χ4n) is 2.59. The van der Waals surface area contributed by atoms with Crippen LogP contribution in [-0.4, -0.2) is 20.2 Å². The molecule has 98 valence electrons. The zero-order valence-electron chi connectivity index (χ0n) is 11.6. The minimum absolute atomic E-state index is 0.719. The SMILES string of the molecule is COc1ccc(C)c(C=CC2CCNCC2)c1C. The van der Waals surface area contributed by atoms with Gasteiger partial charge in [-0.3, -0.25) is 0 Å². The molecule has 1 fully saturated rings. The fourth-order valence-corrected chi connectivity index (χ4v) is 2.59. The average Bonchev–Trinajstić information content (AvgIpc) is 2.40. The Labute approximate surface area is 110 Å². The van der Waals surface area contributed by atoms with Crippen LogP contribution in [0, 0.1) is 19.8 Å². The third kappa shape index (κ3) is 2.94. The molecule has 1 saturated heterocycles. The minimum Gasteiger partial charge on any atom is -0.496 e. The van der Waals surface area contributed by atoms with Gasteiger partial charge in [0.2, 0.25) is 0 Å². The predicted octanol–water partition coefficient (Wildman–Crippen LogP) is 3.32. The molecule has 1 aromatic rings. The van der Waals surface area contributed by atoms with Crippen molar-refractivity contribution in [1.29, 1.82) is 0 Å². The number of allylic oxidation sites excluding steroid dienone is 1. The summed E-state index contributed by atoms with van der Waals surface area (Å²) in [4.78, 5) is 0. The Morgan fingerprint density at radius 3 is 2.61 bits per heavy atom. The van der Waals surface area contributed by atoms with E-state index in [0.29, 0.717) is 0 Å². The first-order valence-corrected chi connectivity index (χ1v) is 6.75. The first-order valence-electron chi connectivity index (χ1n) is 6.75. The van der Waals surface area contributed by atoms with E-state index < -0.39 is 0 Å². The fraction of sp³-hybridized carbons (Fsp3) is 0.500. The van der Waals surface area contributed by atoms with E-state index in [0.717, 1.165) is 24.8 Å². The Bertz CT molecular complexity index is 431. The summed E-state index contributed by atoms with van der Waals surface area (Å²) in [5.74, 6) is 1.70. The Kier molecular flexibility index (Phi) is 4.43. The Balaban J connectivity index is 2.19. The zero-order chi connectivity index (χ0) is 13.0. The van der Waals surface area contributed by atoms with Gasteiger partial charge in [0.1, 0.15) is 5.75 Å². The van der Waals surface area contributed by atoms with Gasteiger partial charge in [-0.05, 0) is 68.5 Å². The van der Waals surface area contributed by atoms with Crippen molar-refractivity contribution >= 4 is 6.08 Å². The maximum absolute atomic E-state index is 5.39. The molecule has 1 heterocycles. The third-order valence-corrected chi connectivity index (χ3v) is 3.82. The van der Waals surface area contributed by atoms with Gasteiger partial charge in [0.15, 0.2) is 0 Å². The molecule has 0 aliphatic carbocycles. The maximum atomic E-state index is 5.39. The normalized spacial score (nSPS) is 17.3. The van der Waals surface area contributed by atoms with E-state index >= 15 is 0 Å². The van der Waals surface area contributed by atoms with E-state index in [4.69, 9.17) is 4.74 Å². The summed E-state index contributed by atoms with van der Waals surface area (Å²) in [7, 11) is 1.73. The molecule has 2 heteroatoms. The Morgan fingerprint density at radius 1 is 1.22 bits per heavy atom. The molecule has 0 amide bonds. The van der Waals surface area contributed by atoms with E-state index in [1.807, 2.05) is 6.07 Å². The standard InChI is InChI=1S/C16H23NO/c1-12-4-7-16(18-3)13(2)15(12)6-5-14-8-10-17-11-9-14/h4-7,14,17H,8-11H2,1-3H3. The van der Waals surface area contributed by atoms with E-state index in [2.05, 4.69) is 37.4 Å². The quantitative estimate of drug-likeness (QED) is 0.882. The largest absolute Gasteiger partial charge is 0.496 e. The summed E-state index contributed by atoms with van der Waals surface area (Å²) in [5.41, 5.74) is 3.87. The van der Waals surface area contributed by atoms with Gasteiger partial charge in [-0.2, -0.15) is 0 Å². The smallest absolute Gasteiger partial charge is 0.122 e. The van der Waals surface area contributed by atoms with Crippen molar-refractivity contribution in [2.24, 2.45) is 5.92 Å². The molecule has 1 aliphatic rings. The van der Waals surface area contributed by atoms with Crippen molar-refractivity contribution in [3.63, 3.8) is 0 Å². The van der Waals surface area contributed by atoms with Crippen LogP contribution >= 0.6 is 0 Å². The highest BCUT2D eigenvalue weighted by atomic mass is 16.5. The highest BCUT2D eigenvalue weighted by molar-refractivity contribution is 5.61. The lowest BCUT2D eigenvalue weighted by atomic mass is 9.95. The van der Waals surface area contributed by atoms with Crippen LogP contribution in [0.4, 0.5) is 0 Å². The van der Waals surface area contributed by atoms with Crippen molar-refractivity contribution < 1.29 is 4.74 Å². The van der Waals surface area contributed by atoms with Gasteiger partial charge in [-0.15, -0.1) is 0 Å². The summed E-state index contributed by atoms with van der Waals surface area (Å²) < 4.78 is 5.39. The topological polar surface area (TPSA) is 21.3 Å². The Morgan fingerprint density at radius 2 is 1.94 bits per heavy atom. The van der Waals surface area contributed by atoms with E-state index in [9.17, 15) is 0 Å². The molecule has 1 N–H and O–H groups in total. The predicted molar refractivity (Wildman–Crippen MR) is 77.1 cm³/mol. The van der Waals surface area contributed by atoms with Crippen LogP contribution in [0.1, 0.15) is 29.5 Å². The number of methoxy groups -OCH3 is 1.